The van der Waals surface area contributed by atoms with Gasteiger partial charge in [-0.15, -0.1) is 0 Å². The van der Waals surface area contributed by atoms with Crippen LogP contribution in [0.4, 0.5) is 0 Å². The van der Waals surface area contributed by atoms with Crippen LogP contribution >= 0.6 is 0 Å². The van der Waals surface area contributed by atoms with E-state index in [1.807, 2.05) is 25.8 Å². The molecule has 14 heavy (non-hydrogen) atoms. The predicted molar refractivity (Wildman–Crippen MR) is 57.4 cm³/mol. The van der Waals surface area contributed by atoms with E-state index in [0.717, 1.165) is 31.9 Å². The van der Waals surface area contributed by atoms with Crippen molar-refractivity contribution in [2.24, 2.45) is 10.9 Å². The summed E-state index contributed by atoms with van der Waals surface area (Å²) in [6, 6.07) is 0. The Hall–Kier alpha value is -0.900. The van der Waals surface area contributed by atoms with Crippen LogP contribution in [0.2, 0.25) is 0 Å². The monoisotopic (exact) mass is 197 g/mol. The maximum absolute atomic E-state index is 11.7. The van der Waals surface area contributed by atoms with Crippen molar-refractivity contribution < 1.29 is 4.79 Å². The minimum atomic E-state index is 0.0629. The Morgan fingerprint density at radius 3 is 2.93 bits per heavy atom. The molecule has 4 heteroatoms. The van der Waals surface area contributed by atoms with Gasteiger partial charge in [-0.2, -0.15) is 0 Å². The van der Waals surface area contributed by atoms with E-state index >= 15 is 0 Å². The van der Waals surface area contributed by atoms with E-state index in [1.54, 1.807) is 0 Å². The molecule has 0 saturated heterocycles. The van der Waals surface area contributed by atoms with E-state index in [1.165, 1.54) is 0 Å². The maximum Gasteiger partial charge on any atom is 0.230 e. The molecule has 0 unspecified atom stereocenters. The number of hydrogen-bond acceptors (Lipinski definition) is 3. The molecule has 0 aliphatic carbocycles. The lowest BCUT2D eigenvalue weighted by Gasteiger charge is -2.20. The van der Waals surface area contributed by atoms with Crippen molar-refractivity contribution in [3.05, 3.63) is 0 Å². The largest absolute Gasteiger partial charge is 0.319 e. The lowest BCUT2D eigenvalue weighted by molar-refractivity contribution is -0.130. The second kappa shape index (κ2) is 5.10. The first-order chi connectivity index (χ1) is 6.66. The number of hydrogen-bond donors (Lipinski definition) is 1. The van der Waals surface area contributed by atoms with Gasteiger partial charge in [0.15, 0.2) is 0 Å². The Balaban J connectivity index is 2.53. The van der Waals surface area contributed by atoms with Crippen LogP contribution in [-0.4, -0.2) is 43.3 Å². The summed E-state index contributed by atoms with van der Waals surface area (Å²) in [7, 11) is 1.91. The molecule has 1 N–H and O–H groups in total. The normalized spacial score (nSPS) is 16.3. The molecule has 0 aromatic rings. The summed E-state index contributed by atoms with van der Waals surface area (Å²) in [5, 5.41) is 3.06. The van der Waals surface area contributed by atoms with Crippen molar-refractivity contribution in [3.63, 3.8) is 0 Å². The van der Waals surface area contributed by atoms with Crippen LogP contribution in [0.5, 0.6) is 0 Å². The zero-order chi connectivity index (χ0) is 10.6. The minimum absolute atomic E-state index is 0.0629. The molecule has 80 valence electrons. The molecule has 1 aliphatic rings. The van der Waals surface area contributed by atoms with Gasteiger partial charge < -0.3 is 5.32 Å². The molecule has 1 heterocycles. The lowest BCUT2D eigenvalue weighted by Crippen LogP contribution is -2.38. The van der Waals surface area contributed by atoms with E-state index in [0.29, 0.717) is 0 Å². The molecule has 0 fully saturated rings. The lowest BCUT2D eigenvalue weighted by atomic mass is 10.2. The van der Waals surface area contributed by atoms with Gasteiger partial charge in [0.1, 0.15) is 5.84 Å². The summed E-state index contributed by atoms with van der Waals surface area (Å²) in [4.78, 5) is 17.9. The number of nitrogens with zero attached hydrogens (tertiary/aromatic N) is 2. The predicted octanol–water partition coefficient (Wildman–Crippen LogP) is 0.493. The fourth-order valence-corrected chi connectivity index (χ4v) is 1.49. The standard InChI is InChI=1S/C10H19N3O/c1-8(2)10(14)13-7-6-12-9(13)4-5-11-3/h8,11H,4-7H2,1-3H3. The van der Waals surface area contributed by atoms with Gasteiger partial charge in [0.05, 0.1) is 6.54 Å². The third kappa shape index (κ3) is 2.54. The smallest absolute Gasteiger partial charge is 0.230 e. The van der Waals surface area contributed by atoms with Gasteiger partial charge in [0.25, 0.3) is 0 Å². The molecule has 1 aliphatic heterocycles. The first-order valence-electron chi connectivity index (χ1n) is 5.16. The summed E-state index contributed by atoms with van der Waals surface area (Å²) < 4.78 is 0. The average molecular weight is 197 g/mol. The first kappa shape index (κ1) is 11.2. The highest BCUT2D eigenvalue weighted by Gasteiger charge is 2.24. The number of carbonyl (C=O) groups is 1. The molecule has 0 bridgehead atoms. The Labute approximate surface area is 85.4 Å². The summed E-state index contributed by atoms with van der Waals surface area (Å²) in [6.07, 6.45) is 0.842. The van der Waals surface area contributed by atoms with Crippen molar-refractivity contribution >= 4 is 11.7 Å². The molecule has 0 aromatic carbocycles. The number of amidine groups is 1. The zero-order valence-corrected chi connectivity index (χ0v) is 9.21. The molecular weight excluding hydrogens is 178 g/mol. The molecule has 0 saturated carbocycles. The van der Waals surface area contributed by atoms with Crippen molar-refractivity contribution in [3.8, 4) is 0 Å². The van der Waals surface area contributed by atoms with Gasteiger partial charge >= 0.3 is 0 Å². The van der Waals surface area contributed by atoms with Gasteiger partial charge in [0.2, 0.25) is 5.91 Å². The number of rotatable bonds is 4. The fourth-order valence-electron chi connectivity index (χ4n) is 1.49. The summed E-state index contributed by atoms with van der Waals surface area (Å²) in [5.74, 6) is 1.20. The van der Waals surface area contributed by atoms with Gasteiger partial charge in [-0.25, -0.2) is 0 Å². The van der Waals surface area contributed by atoms with Crippen LogP contribution in [0.15, 0.2) is 4.99 Å². The second-order valence-electron chi connectivity index (χ2n) is 3.80. The van der Waals surface area contributed by atoms with Crippen molar-refractivity contribution in [2.45, 2.75) is 20.3 Å². The van der Waals surface area contributed by atoms with E-state index in [-0.39, 0.29) is 11.8 Å². The zero-order valence-electron chi connectivity index (χ0n) is 9.21. The topological polar surface area (TPSA) is 44.7 Å². The molecule has 0 radical (unpaired) electrons. The Kier molecular flexibility index (Phi) is 4.07. The van der Waals surface area contributed by atoms with Crippen molar-refractivity contribution in [2.75, 3.05) is 26.7 Å². The van der Waals surface area contributed by atoms with Gasteiger partial charge in [-0.3, -0.25) is 14.7 Å². The molecule has 1 amide bonds. The maximum atomic E-state index is 11.7. The molecule has 0 spiro atoms. The number of nitrogens with one attached hydrogen (secondary N) is 1. The van der Waals surface area contributed by atoms with E-state index in [2.05, 4.69) is 10.3 Å². The highest BCUT2D eigenvalue weighted by molar-refractivity contribution is 6.00. The van der Waals surface area contributed by atoms with Crippen LogP contribution in [0.1, 0.15) is 20.3 Å². The highest BCUT2D eigenvalue weighted by Crippen LogP contribution is 2.09. The quantitative estimate of drug-likeness (QED) is 0.713. The number of carbonyl (C=O) groups excluding carboxylic acids is 1. The molecule has 0 aromatic heterocycles. The van der Waals surface area contributed by atoms with Crippen molar-refractivity contribution in [1.82, 2.24) is 10.2 Å². The van der Waals surface area contributed by atoms with Crippen LogP contribution in [0, 0.1) is 5.92 Å². The van der Waals surface area contributed by atoms with Gasteiger partial charge in [0, 0.05) is 25.4 Å². The average Bonchev–Trinajstić information content (AvgIpc) is 2.61. The summed E-state index contributed by atoms with van der Waals surface area (Å²) >= 11 is 0. The third-order valence-electron chi connectivity index (χ3n) is 2.29. The molecule has 4 nitrogen and oxygen atoms in total. The fraction of sp³-hybridized carbons (Fsp3) is 0.800. The summed E-state index contributed by atoms with van der Waals surface area (Å²) in [6.45, 7) is 6.25. The molecule has 0 atom stereocenters. The van der Waals surface area contributed by atoms with Crippen LogP contribution in [-0.2, 0) is 4.79 Å². The molecule has 1 rings (SSSR count). The summed E-state index contributed by atoms with van der Waals surface area (Å²) in [5.41, 5.74) is 0. The van der Waals surface area contributed by atoms with E-state index in [9.17, 15) is 4.79 Å². The number of aliphatic imine (C=N–C) groups is 1. The van der Waals surface area contributed by atoms with Gasteiger partial charge in [-0.1, -0.05) is 13.8 Å². The van der Waals surface area contributed by atoms with Crippen molar-refractivity contribution in [1.29, 1.82) is 0 Å². The van der Waals surface area contributed by atoms with Crippen LogP contribution in [0.3, 0.4) is 0 Å². The Bertz CT molecular complexity index is 236. The van der Waals surface area contributed by atoms with Gasteiger partial charge in [-0.05, 0) is 7.05 Å². The van der Waals surface area contributed by atoms with Crippen LogP contribution < -0.4 is 5.32 Å². The number of amides is 1. The molecular formula is C10H19N3O. The van der Waals surface area contributed by atoms with E-state index in [4.69, 9.17) is 0 Å². The Morgan fingerprint density at radius 1 is 1.64 bits per heavy atom. The second-order valence-corrected chi connectivity index (χ2v) is 3.80. The van der Waals surface area contributed by atoms with Crippen LogP contribution in [0.25, 0.3) is 0 Å². The first-order valence-corrected chi connectivity index (χ1v) is 5.16. The SMILES string of the molecule is CNCCC1=NCCN1C(=O)C(C)C. The third-order valence-corrected chi connectivity index (χ3v) is 2.29. The Morgan fingerprint density at radius 2 is 2.36 bits per heavy atom. The highest BCUT2D eigenvalue weighted by atomic mass is 16.2. The minimum Gasteiger partial charge on any atom is -0.319 e. The van der Waals surface area contributed by atoms with E-state index < -0.39 is 0 Å².